The van der Waals surface area contributed by atoms with Crippen molar-refractivity contribution in [2.24, 2.45) is 5.92 Å². The summed E-state index contributed by atoms with van der Waals surface area (Å²) in [6, 6.07) is 7.44. The van der Waals surface area contributed by atoms with Gasteiger partial charge in [-0.2, -0.15) is 0 Å². The SMILES string of the molecule is C[C@@H]1CN(C)[C@H](C)C[C@@H]1OC(=O)c1ccccc1Cl. The van der Waals surface area contributed by atoms with Crippen LogP contribution < -0.4 is 0 Å². The summed E-state index contributed by atoms with van der Waals surface area (Å²) >= 11 is 6.02. The number of nitrogens with zero attached hydrogens (tertiary/aromatic N) is 1. The Labute approximate surface area is 119 Å². The van der Waals surface area contributed by atoms with E-state index in [0.717, 1.165) is 13.0 Å². The molecule has 3 nitrogen and oxygen atoms in total. The maximum Gasteiger partial charge on any atom is 0.339 e. The first-order valence-corrected chi connectivity index (χ1v) is 7.02. The number of likely N-dealkylation sites (tertiary alicyclic amines) is 1. The second kappa shape index (κ2) is 5.93. The number of carbonyl (C=O) groups is 1. The van der Waals surface area contributed by atoms with E-state index in [1.807, 2.05) is 0 Å². The van der Waals surface area contributed by atoms with Crippen molar-refractivity contribution < 1.29 is 9.53 Å². The van der Waals surface area contributed by atoms with Crippen molar-refractivity contribution in [2.45, 2.75) is 32.4 Å². The van der Waals surface area contributed by atoms with Gasteiger partial charge in [-0.25, -0.2) is 4.79 Å². The summed E-state index contributed by atoms with van der Waals surface area (Å²) in [5.41, 5.74) is 0.447. The highest BCUT2D eigenvalue weighted by Crippen LogP contribution is 2.25. The van der Waals surface area contributed by atoms with Crippen LogP contribution in [0.25, 0.3) is 0 Å². The highest BCUT2D eigenvalue weighted by Gasteiger charge is 2.32. The van der Waals surface area contributed by atoms with E-state index in [0.29, 0.717) is 22.5 Å². The van der Waals surface area contributed by atoms with Gasteiger partial charge in [0.15, 0.2) is 0 Å². The zero-order valence-corrected chi connectivity index (χ0v) is 12.4. The van der Waals surface area contributed by atoms with Crippen molar-refractivity contribution in [3.05, 3.63) is 34.9 Å². The molecule has 1 aliphatic heterocycles. The van der Waals surface area contributed by atoms with Crippen LogP contribution in [0.1, 0.15) is 30.6 Å². The van der Waals surface area contributed by atoms with Gasteiger partial charge in [-0.3, -0.25) is 0 Å². The van der Waals surface area contributed by atoms with Crippen LogP contribution in [-0.4, -0.2) is 36.6 Å². The molecule has 104 valence electrons. The van der Waals surface area contributed by atoms with Crippen molar-refractivity contribution >= 4 is 17.6 Å². The summed E-state index contributed by atoms with van der Waals surface area (Å²) in [5.74, 6) is 0.0202. The molecule has 1 heterocycles. The molecule has 0 saturated carbocycles. The van der Waals surface area contributed by atoms with E-state index in [4.69, 9.17) is 16.3 Å². The second-order valence-corrected chi connectivity index (χ2v) is 5.83. The molecule has 1 saturated heterocycles. The van der Waals surface area contributed by atoms with Gasteiger partial charge in [-0.05, 0) is 32.5 Å². The molecule has 0 spiro atoms. The van der Waals surface area contributed by atoms with E-state index in [9.17, 15) is 4.79 Å². The van der Waals surface area contributed by atoms with Crippen LogP contribution in [0.15, 0.2) is 24.3 Å². The van der Waals surface area contributed by atoms with Gasteiger partial charge in [-0.15, -0.1) is 0 Å². The first-order valence-electron chi connectivity index (χ1n) is 6.64. The van der Waals surface area contributed by atoms with Crippen LogP contribution in [0.4, 0.5) is 0 Å². The van der Waals surface area contributed by atoms with Gasteiger partial charge in [0.2, 0.25) is 0 Å². The van der Waals surface area contributed by atoms with E-state index in [-0.39, 0.29) is 12.1 Å². The lowest BCUT2D eigenvalue weighted by molar-refractivity contribution is -0.0196. The smallest absolute Gasteiger partial charge is 0.339 e. The minimum absolute atomic E-state index is 0.0324. The fourth-order valence-corrected chi connectivity index (χ4v) is 2.71. The molecule has 0 unspecified atom stereocenters. The fourth-order valence-electron chi connectivity index (χ4n) is 2.49. The van der Waals surface area contributed by atoms with Gasteiger partial charge in [0.05, 0.1) is 10.6 Å². The largest absolute Gasteiger partial charge is 0.458 e. The molecule has 1 aromatic carbocycles. The number of halogens is 1. The van der Waals surface area contributed by atoms with Crippen LogP contribution in [0, 0.1) is 5.92 Å². The normalized spacial score (nSPS) is 28.1. The Morgan fingerprint density at radius 3 is 2.74 bits per heavy atom. The highest BCUT2D eigenvalue weighted by molar-refractivity contribution is 6.33. The number of ether oxygens (including phenoxy) is 1. The number of piperidine rings is 1. The fraction of sp³-hybridized carbons (Fsp3) is 0.533. The Hall–Kier alpha value is -1.06. The van der Waals surface area contributed by atoms with Crippen LogP contribution >= 0.6 is 11.6 Å². The van der Waals surface area contributed by atoms with Crippen LogP contribution in [-0.2, 0) is 4.74 Å². The number of benzene rings is 1. The van der Waals surface area contributed by atoms with Crippen molar-refractivity contribution in [3.8, 4) is 0 Å². The maximum atomic E-state index is 12.1. The van der Waals surface area contributed by atoms with Gasteiger partial charge >= 0.3 is 5.97 Å². The quantitative estimate of drug-likeness (QED) is 0.780. The first kappa shape index (κ1) is 14.4. The third-order valence-electron chi connectivity index (χ3n) is 3.89. The molecule has 0 N–H and O–H groups in total. The molecule has 1 aliphatic rings. The minimum Gasteiger partial charge on any atom is -0.458 e. The maximum absolute atomic E-state index is 12.1. The van der Waals surface area contributed by atoms with Crippen LogP contribution in [0.5, 0.6) is 0 Å². The average molecular weight is 282 g/mol. The molecule has 0 aromatic heterocycles. The predicted octanol–water partition coefficient (Wildman–Crippen LogP) is 3.23. The lowest BCUT2D eigenvalue weighted by Crippen LogP contribution is -2.46. The van der Waals surface area contributed by atoms with Gasteiger partial charge in [0.1, 0.15) is 6.10 Å². The summed E-state index contributed by atoms with van der Waals surface area (Å²) in [6.07, 6.45) is 0.836. The summed E-state index contributed by atoms with van der Waals surface area (Å²) in [7, 11) is 2.10. The van der Waals surface area contributed by atoms with Crippen molar-refractivity contribution in [1.29, 1.82) is 0 Å². The molecule has 1 aromatic rings. The number of hydrogen-bond donors (Lipinski definition) is 0. The van der Waals surface area contributed by atoms with E-state index < -0.39 is 0 Å². The molecule has 19 heavy (non-hydrogen) atoms. The Bertz CT molecular complexity index is 463. The van der Waals surface area contributed by atoms with Crippen molar-refractivity contribution in [1.82, 2.24) is 4.90 Å². The molecule has 4 heteroatoms. The first-order chi connectivity index (χ1) is 8.99. The summed E-state index contributed by atoms with van der Waals surface area (Å²) < 4.78 is 5.64. The van der Waals surface area contributed by atoms with E-state index in [2.05, 4.69) is 25.8 Å². The summed E-state index contributed by atoms with van der Waals surface area (Å²) in [6.45, 7) is 5.22. The molecule has 3 atom stereocenters. The second-order valence-electron chi connectivity index (χ2n) is 5.43. The van der Waals surface area contributed by atoms with Gasteiger partial charge < -0.3 is 9.64 Å². The molecule has 0 amide bonds. The topological polar surface area (TPSA) is 29.5 Å². The molecule has 0 radical (unpaired) electrons. The minimum atomic E-state index is -0.320. The Morgan fingerprint density at radius 1 is 1.37 bits per heavy atom. The van der Waals surface area contributed by atoms with Gasteiger partial charge in [-0.1, -0.05) is 30.7 Å². The monoisotopic (exact) mass is 281 g/mol. The van der Waals surface area contributed by atoms with E-state index in [1.165, 1.54) is 0 Å². The van der Waals surface area contributed by atoms with E-state index >= 15 is 0 Å². The standard InChI is InChI=1S/C15H20ClNO2/c1-10-9-17(3)11(2)8-14(10)19-15(18)12-6-4-5-7-13(12)16/h4-7,10-11,14H,8-9H2,1-3H3/t10-,11-,14+/m1/s1. The third kappa shape index (κ3) is 3.28. The molecule has 2 rings (SSSR count). The number of hydrogen-bond acceptors (Lipinski definition) is 3. The summed E-state index contributed by atoms with van der Waals surface area (Å²) in [5, 5.41) is 0.445. The van der Waals surface area contributed by atoms with Crippen molar-refractivity contribution in [3.63, 3.8) is 0 Å². The molecule has 1 fully saturated rings. The lowest BCUT2D eigenvalue weighted by atomic mass is 9.92. The predicted molar refractivity (Wildman–Crippen MR) is 76.5 cm³/mol. The molecular formula is C15H20ClNO2. The third-order valence-corrected chi connectivity index (χ3v) is 4.22. The van der Waals surface area contributed by atoms with Gasteiger partial charge in [0, 0.05) is 18.5 Å². The number of carbonyl (C=O) groups excluding carboxylic acids is 1. The molecule has 0 bridgehead atoms. The van der Waals surface area contributed by atoms with Crippen molar-refractivity contribution in [2.75, 3.05) is 13.6 Å². The molecule has 0 aliphatic carbocycles. The van der Waals surface area contributed by atoms with Crippen LogP contribution in [0.2, 0.25) is 5.02 Å². The number of rotatable bonds is 2. The Morgan fingerprint density at radius 2 is 2.05 bits per heavy atom. The zero-order chi connectivity index (χ0) is 14.0. The molecular weight excluding hydrogens is 262 g/mol. The van der Waals surface area contributed by atoms with Gasteiger partial charge in [0.25, 0.3) is 0 Å². The highest BCUT2D eigenvalue weighted by atomic mass is 35.5. The van der Waals surface area contributed by atoms with Crippen LogP contribution in [0.3, 0.4) is 0 Å². The number of esters is 1. The van der Waals surface area contributed by atoms with E-state index in [1.54, 1.807) is 24.3 Å². The Kier molecular flexibility index (Phi) is 4.48. The Balaban J connectivity index is 2.05. The lowest BCUT2D eigenvalue weighted by Gasteiger charge is -2.39. The zero-order valence-electron chi connectivity index (χ0n) is 11.6. The summed E-state index contributed by atoms with van der Waals surface area (Å²) in [4.78, 5) is 14.4. The average Bonchev–Trinajstić information content (AvgIpc) is 2.36.